The fraction of sp³-hybridized carbons (Fsp3) is 0.600. The maximum atomic E-state index is 10.4. The van der Waals surface area contributed by atoms with Crippen molar-refractivity contribution in [3.63, 3.8) is 0 Å². The van der Waals surface area contributed by atoms with E-state index >= 15 is 0 Å². The van der Waals surface area contributed by atoms with Gasteiger partial charge in [0, 0.05) is 6.04 Å². The number of aliphatic hydroxyl groups excluding tert-OH is 1. The largest absolute Gasteiger partial charge is 0.494 e. The van der Waals surface area contributed by atoms with Gasteiger partial charge < -0.3 is 15.2 Å². The van der Waals surface area contributed by atoms with Crippen molar-refractivity contribution in [3.8, 4) is 5.75 Å². The van der Waals surface area contributed by atoms with E-state index < -0.39 is 6.10 Å². The molecule has 18 heavy (non-hydrogen) atoms. The van der Waals surface area contributed by atoms with Crippen molar-refractivity contribution >= 4 is 0 Å². The van der Waals surface area contributed by atoms with Gasteiger partial charge in [-0.15, -0.1) is 0 Å². The molecular weight excluding hydrogens is 226 g/mol. The number of piperidine rings is 1. The smallest absolute Gasteiger partial charge is 0.119 e. The molecule has 3 atom stereocenters. The Morgan fingerprint density at radius 2 is 2.11 bits per heavy atom. The van der Waals surface area contributed by atoms with Gasteiger partial charge in [-0.2, -0.15) is 0 Å². The first kappa shape index (κ1) is 13.4. The Balaban J connectivity index is 2.01. The average Bonchev–Trinajstić information content (AvgIpc) is 2.39. The van der Waals surface area contributed by atoms with Gasteiger partial charge in [-0.25, -0.2) is 0 Å². The number of nitrogens with one attached hydrogen (secondary N) is 1. The molecule has 0 amide bonds. The van der Waals surface area contributed by atoms with Crippen LogP contribution in [0.5, 0.6) is 5.75 Å². The lowest BCUT2D eigenvalue weighted by Crippen LogP contribution is -2.41. The third-order valence-corrected chi connectivity index (χ3v) is 3.61. The molecule has 1 saturated heterocycles. The molecule has 1 aliphatic rings. The van der Waals surface area contributed by atoms with Gasteiger partial charge in [-0.3, -0.25) is 0 Å². The Bertz CT molecular complexity index is 363. The van der Waals surface area contributed by atoms with Gasteiger partial charge in [0.25, 0.3) is 0 Å². The van der Waals surface area contributed by atoms with Crippen LogP contribution < -0.4 is 10.1 Å². The lowest BCUT2D eigenvalue weighted by Gasteiger charge is -2.31. The number of ether oxygens (including phenoxy) is 1. The van der Waals surface area contributed by atoms with Crippen molar-refractivity contribution in [3.05, 3.63) is 29.8 Å². The quantitative estimate of drug-likeness (QED) is 0.861. The first-order valence-electron chi connectivity index (χ1n) is 6.85. The zero-order valence-electron chi connectivity index (χ0n) is 11.2. The van der Waals surface area contributed by atoms with E-state index in [2.05, 4.69) is 12.2 Å². The van der Waals surface area contributed by atoms with E-state index in [0.717, 1.165) is 24.3 Å². The molecule has 0 saturated carbocycles. The van der Waals surface area contributed by atoms with Crippen LogP contribution in [-0.2, 0) is 0 Å². The maximum Gasteiger partial charge on any atom is 0.119 e. The van der Waals surface area contributed by atoms with Crippen LogP contribution in [0.15, 0.2) is 24.3 Å². The van der Waals surface area contributed by atoms with Crippen LogP contribution in [0, 0.1) is 5.92 Å². The summed E-state index contributed by atoms with van der Waals surface area (Å²) in [7, 11) is 0. The fourth-order valence-corrected chi connectivity index (χ4v) is 2.55. The van der Waals surface area contributed by atoms with Crippen LogP contribution in [0.1, 0.15) is 38.4 Å². The molecular formula is C15H23NO2. The van der Waals surface area contributed by atoms with Crippen LogP contribution in [0.3, 0.4) is 0 Å². The lowest BCUT2D eigenvalue weighted by molar-refractivity contribution is 0.101. The van der Waals surface area contributed by atoms with Crippen molar-refractivity contribution < 1.29 is 9.84 Å². The highest BCUT2D eigenvalue weighted by Gasteiger charge is 2.25. The second kappa shape index (κ2) is 6.21. The summed E-state index contributed by atoms with van der Waals surface area (Å²) in [5.74, 6) is 1.55. The highest BCUT2D eigenvalue weighted by atomic mass is 16.5. The Labute approximate surface area is 109 Å². The normalized spacial score (nSPS) is 25.7. The Morgan fingerprint density at radius 1 is 1.39 bits per heavy atom. The van der Waals surface area contributed by atoms with E-state index in [0.29, 0.717) is 12.5 Å². The molecule has 2 rings (SSSR count). The van der Waals surface area contributed by atoms with E-state index in [1.165, 1.54) is 6.42 Å². The molecule has 2 N–H and O–H groups in total. The van der Waals surface area contributed by atoms with Gasteiger partial charge in [0.2, 0.25) is 0 Å². The van der Waals surface area contributed by atoms with Gasteiger partial charge in [0.1, 0.15) is 5.75 Å². The predicted octanol–water partition coefficient (Wildman–Crippen LogP) is 2.51. The van der Waals surface area contributed by atoms with Crippen molar-refractivity contribution in [2.24, 2.45) is 5.92 Å². The molecule has 0 radical (unpaired) electrons. The average molecular weight is 249 g/mol. The van der Waals surface area contributed by atoms with E-state index in [4.69, 9.17) is 4.74 Å². The minimum absolute atomic E-state index is 0.173. The summed E-state index contributed by atoms with van der Waals surface area (Å²) in [6, 6.07) is 7.93. The van der Waals surface area contributed by atoms with Gasteiger partial charge in [-0.1, -0.05) is 19.1 Å². The molecule has 0 bridgehead atoms. The molecule has 100 valence electrons. The highest BCUT2D eigenvalue weighted by Crippen LogP contribution is 2.26. The maximum absolute atomic E-state index is 10.4. The van der Waals surface area contributed by atoms with Crippen molar-refractivity contribution in [1.82, 2.24) is 5.32 Å². The van der Waals surface area contributed by atoms with Gasteiger partial charge in [0.05, 0.1) is 12.7 Å². The molecule has 3 unspecified atom stereocenters. The van der Waals surface area contributed by atoms with Crippen LogP contribution in [0.2, 0.25) is 0 Å². The first-order chi connectivity index (χ1) is 8.70. The third-order valence-electron chi connectivity index (χ3n) is 3.61. The summed E-state index contributed by atoms with van der Waals surface area (Å²) >= 11 is 0. The summed E-state index contributed by atoms with van der Waals surface area (Å²) in [4.78, 5) is 0. The minimum Gasteiger partial charge on any atom is -0.494 e. The molecule has 1 fully saturated rings. The molecule has 1 heterocycles. The van der Waals surface area contributed by atoms with E-state index in [-0.39, 0.29) is 6.04 Å². The standard InChI is InChI=1S/C15H23NO2/c1-3-18-13-6-4-12(5-7-13)15(17)14-10-11(2)8-9-16-14/h4-7,11,14-17H,3,8-10H2,1-2H3. The lowest BCUT2D eigenvalue weighted by atomic mass is 9.89. The SMILES string of the molecule is CCOc1ccc(C(O)C2CC(C)CCN2)cc1. The summed E-state index contributed by atoms with van der Waals surface area (Å²) < 4.78 is 5.41. The first-order valence-corrected chi connectivity index (χ1v) is 6.85. The molecule has 1 aliphatic heterocycles. The van der Waals surface area contributed by atoms with Crippen LogP contribution in [-0.4, -0.2) is 24.3 Å². The molecule has 0 aromatic heterocycles. The van der Waals surface area contributed by atoms with Crippen LogP contribution >= 0.6 is 0 Å². The predicted molar refractivity (Wildman–Crippen MR) is 72.8 cm³/mol. The molecule has 1 aromatic carbocycles. The van der Waals surface area contributed by atoms with E-state index in [1.807, 2.05) is 31.2 Å². The summed E-state index contributed by atoms with van der Waals surface area (Å²) in [5, 5.41) is 13.8. The fourth-order valence-electron chi connectivity index (χ4n) is 2.55. The summed E-state index contributed by atoms with van der Waals surface area (Å²) in [5.41, 5.74) is 0.963. The molecule has 0 spiro atoms. The third kappa shape index (κ3) is 3.24. The molecule has 1 aromatic rings. The Kier molecular flexibility index (Phi) is 4.61. The Hall–Kier alpha value is -1.06. The van der Waals surface area contributed by atoms with Gasteiger partial charge in [-0.05, 0) is 49.9 Å². The zero-order chi connectivity index (χ0) is 13.0. The molecule has 0 aliphatic carbocycles. The van der Waals surface area contributed by atoms with Crippen molar-refractivity contribution in [1.29, 1.82) is 0 Å². The zero-order valence-corrected chi connectivity index (χ0v) is 11.2. The van der Waals surface area contributed by atoms with Crippen LogP contribution in [0.25, 0.3) is 0 Å². The number of aliphatic hydroxyl groups is 1. The topological polar surface area (TPSA) is 41.5 Å². The number of rotatable bonds is 4. The van der Waals surface area contributed by atoms with E-state index in [1.54, 1.807) is 0 Å². The number of hydrogen-bond acceptors (Lipinski definition) is 3. The minimum atomic E-state index is -0.427. The monoisotopic (exact) mass is 249 g/mol. The number of hydrogen-bond donors (Lipinski definition) is 2. The van der Waals surface area contributed by atoms with Gasteiger partial charge >= 0.3 is 0 Å². The molecule has 3 nitrogen and oxygen atoms in total. The second-order valence-corrected chi connectivity index (χ2v) is 5.14. The van der Waals surface area contributed by atoms with Crippen molar-refractivity contribution in [2.45, 2.75) is 38.8 Å². The summed E-state index contributed by atoms with van der Waals surface area (Å²) in [6.45, 7) is 5.89. The van der Waals surface area contributed by atoms with E-state index in [9.17, 15) is 5.11 Å². The summed E-state index contributed by atoms with van der Waals surface area (Å²) in [6.07, 6.45) is 1.81. The van der Waals surface area contributed by atoms with Crippen LogP contribution in [0.4, 0.5) is 0 Å². The van der Waals surface area contributed by atoms with Gasteiger partial charge in [0.15, 0.2) is 0 Å². The highest BCUT2D eigenvalue weighted by molar-refractivity contribution is 5.29. The Morgan fingerprint density at radius 3 is 2.72 bits per heavy atom. The van der Waals surface area contributed by atoms with Crippen molar-refractivity contribution in [2.75, 3.05) is 13.2 Å². The number of benzene rings is 1. The molecule has 3 heteroatoms. The second-order valence-electron chi connectivity index (χ2n) is 5.14.